The minimum atomic E-state index is -4.61. The molecule has 2 aliphatic rings. The van der Waals surface area contributed by atoms with Gasteiger partial charge in [-0.15, -0.1) is 0 Å². The van der Waals surface area contributed by atoms with Gasteiger partial charge in [-0.3, -0.25) is 10.1 Å². The van der Waals surface area contributed by atoms with Gasteiger partial charge >= 0.3 is 12.2 Å². The summed E-state index contributed by atoms with van der Waals surface area (Å²) in [6, 6.07) is 8.93. The standard InChI is InChI=1S/C21H21F3N4O2/c22-21(23,24)18-15(7-8-16(19(18)25)26-9-12-1-2-12)14-5-3-13(4-6-14)10-28-11-17(29)27-20(28)30/h3-8,12,26H,1-2,9-11,25H2,(H,27,29,30). The second-order valence-electron chi connectivity index (χ2n) is 7.68. The Hall–Kier alpha value is -3.23. The molecule has 1 saturated carbocycles. The zero-order valence-corrected chi connectivity index (χ0v) is 16.1. The molecule has 1 saturated heterocycles. The topological polar surface area (TPSA) is 87.5 Å². The van der Waals surface area contributed by atoms with Crippen molar-refractivity contribution in [1.29, 1.82) is 0 Å². The van der Waals surface area contributed by atoms with Crippen LogP contribution in [-0.4, -0.2) is 29.9 Å². The lowest BCUT2D eigenvalue weighted by Crippen LogP contribution is -2.27. The largest absolute Gasteiger partial charge is 0.419 e. The fourth-order valence-corrected chi connectivity index (χ4v) is 3.52. The average Bonchev–Trinajstić information content (AvgIpc) is 3.45. The van der Waals surface area contributed by atoms with E-state index in [0.717, 1.165) is 12.8 Å². The third kappa shape index (κ3) is 4.19. The van der Waals surface area contributed by atoms with E-state index < -0.39 is 17.8 Å². The van der Waals surface area contributed by atoms with Crippen LogP contribution in [0.4, 0.5) is 29.3 Å². The molecule has 2 aromatic carbocycles. The monoisotopic (exact) mass is 418 g/mol. The van der Waals surface area contributed by atoms with E-state index in [-0.39, 0.29) is 30.2 Å². The second-order valence-corrected chi connectivity index (χ2v) is 7.68. The Morgan fingerprint density at radius 3 is 2.37 bits per heavy atom. The number of amides is 3. The molecule has 4 rings (SSSR count). The molecule has 2 aromatic rings. The molecule has 1 aliphatic carbocycles. The number of carbonyl (C=O) groups excluding carboxylic acids is 2. The summed E-state index contributed by atoms with van der Waals surface area (Å²) in [6.45, 7) is 0.767. The van der Waals surface area contributed by atoms with Gasteiger partial charge in [0.05, 0.1) is 16.9 Å². The first kappa shape index (κ1) is 20.1. The molecule has 0 unspecified atom stereocenters. The van der Waals surface area contributed by atoms with Gasteiger partial charge in [-0.25, -0.2) is 4.79 Å². The predicted molar refractivity (Wildman–Crippen MR) is 106 cm³/mol. The Bertz CT molecular complexity index is 985. The Morgan fingerprint density at radius 2 is 1.80 bits per heavy atom. The molecule has 4 N–H and O–H groups in total. The van der Waals surface area contributed by atoms with Crippen molar-refractivity contribution in [3.63, 3.8) is 0 Å². The van der Waals surface area contributed by atoms with E-state index in [2.05, 4.69) is 10.6 Å². The van der Waals surface area contributed by atoms with Crippen LogP contribution in [0, 0.1) is 5.92 Å². The van der Waals surface area contributed by atoms with Gasteiger partial charge in [0.15, 0.2) is 0 Å². The van der Waals surface area contributed by atoms with E-state index >= 15 is 0 Å². The van der Waals surface area contributed by atoms with E-state index in [0.29, 0.717) is 29.3 Å². The smallest absolute Gasteiger partial charge is 0.397 e. The number of nitrogens with one attached hydrogen (secondary N) is 2. The number of anilines is 2. The number of carbonyl (C=O) groups is 2. The lowest BCUT2D eigenvalue weighted by molar-refractivity contribution is -0.136. The molecule has 3 amide bonds. The van der Waals surface area contributed by atoms with Crippen LogP contribution in [0.1, 0.15) is 24.0 Å². The van der Waals surface area contributed by atoms with Crippen LogP contribution >= 0.6 is 0 Å². The highest BCUT2D eigenvalue weighted by atomic mass is 19.4. The van der Waals surface area contributed by atoms with Gasteiger partial charge in [-0.2, -0.15) is 13.2 Å². The molecule has 0 spiro atoms. The molecule has 1 aliphatic heterocycles. The molecule has 0 aromatic heterocycles. The number of rotatable bonds is 6. The maximum absolute atomic E-state index is 13.8. The van der Waals surface area contributed by atoms with Crippen molar-refractivity contribution >= 4 is 23.3 Å². The van der Waals surface area contributed by atoms with Gasteiger partial charge in [0.25, 0.3) is 0 Å². The zero-order chi connectivity index (χ0) is 21.5. The molecule has 1 heterocycles. The minimum Gasteiger partial charge on any atom is -0.397 e. The van der Waals surface area contributed by atoms with Crippen molar-refractivity contribution in [2.75, 3.05) is 24.1 Å². The summed E-state index contributed by atoms with van der Waals surface area (Å²) >= 11 is 0. The predicted octanol–water partition coefficient (Wildman–Crippen LogP) is 3.83. The number of hydrogen-bond donors (Lipinski definition) is 3. The fraction of sp³-hybridized carbons (Fsp3) is 0.333. The van der Waals surface area contributed by atoms with Gasteiger partial charge in [-0.1, -0.05) is 30.3 Å². The number of urea groups is 1. The zero-order valence-electron chi connectivity index (χ0n) is 16.1. The molecule has 0 radical (unpaired) electrons. The third-order valence-electron chi connectivity index (χ3n) is 5.31. The van der Waals surface area contributed by atoms with E-state index in [1.807, 2.05) is 0 Å². The summed E-state index contributed by atoms with van der Waals surface area (Å²) in [4.78, 5) is 24.3. The number of nitrogens with zero attached hydrogens (tertiary/aromatic N) is 1. The van der Waals surface area contributed by atoms with Crippen molar-refractivity contribution in [3.05, 3.63) is 47.5 Å². The summed E-state index contributed by atoms with van der Waals surface area (Å²) in [7, 11) is 0. The highest BCUT2D eigenvalue weighted by Crippen LogP contribution is 2.44. The molecule has 30 heavy (non-hydrogen) atoms. The third-order valence-corrected chi connectivity index (χ3v) is 5.31. The van der Waals surface area contributed by atoms with E-state index in [1.54, 1.807) is 30.3 Å². The minimum absolute atomic E-state index is 0.00221. The van der Waals surface area contributed by atoms with Gasteiger partial charge in [0, 0.05) is 13.1 Å². The first-order valence-electron chi connectivity index (χ1n) is 9.64. The number of imide groups is 1. The maximum atomic E-state index is 13.8. The SMILES string of the molecule is Nc1c(NCC2CC2)ccc(-c2ccc(CN3CC(=O)NC3=O)cc2)c1C(F)(F)F. The first-order chi connectivity index (χ1) is 14.2. The highest BCUT2D eigenvalue weighted by molar-refractivity contribution is 6.01. The van der Waals surface area contributed by atoms with Crippen molar-refractivity contribution in [3.8, 4) is 11.1 Å². The number of nitrogen functional groups attached to an aromatic ring is 1. The van der Waals surface area contributed by atoms with Crippen LogP contribution in [0.15, 0.2) is 36.4 Å². The van der Waals surface area contributed by atoms with E-state index in [9.17, 15) is 22.8 Å². The number of hydrogen-bond acceptors (Lipinski definition) is 4. The van der Waals surface area contributed by atoms with Crippen LogP contribution in [0.5, 0.6) is 0 Å². The molecule has 0 bridgehead atoms. The van der Waals surface area contributed by atoms with E-state index in [1.165, 1.54) is 11.0 Å². The van der Waals surface area contributed by atoms with Crippen molar-refractivity contribution < 1.29 is 22.8 Å². The second kappa shape index (κ2) is 7.55. The van der Waals surface area contributed by atoms with Crippen LogP contribution in [0.3, 0.4) is 0 Å². The summed E-state index contributed by atoms with van der Waals surface area (Å²) < 4.78 is 41.5. The average molecular weight is 418 g/mol. The van der Waals surface area contributed by atoms with Gasteiger partial charge in [-0.05, 0) is 41.5 Å². The summed E-state index contributed by atoms with van der Waals surface area (Å²) in [5.74, 6) is 0.122. The summed E-state index contributed by atoms with van der Waals surface area (Å²) in [6.07, 6.45) is -2.45. The molecule has 2 fully saturated rings. The van der Waals surface area contributed by atoms with Crippen molar-refractivity contribution in [1.82, 2.24) is 10.2 Å². The van der Waals surface area contributed by atoms with Gasteiger partial charge in [0.1, 0.15) is 6.54 Å². The molecule has 6 nitrogen and oxygen atoms in total. The Labute approximate surface area is 171 Å². The normalized spacial score (nSPS) is 16.7. The van der Waals surface area contributed by atoms with Crippen LogP contribution < -0.4 is 16.4 Å². The first-order valence-corrected chi connectivity index (χ1v) is 9.64. The molecular formula is C21H21F3N4O2. The lowest BCUT2D eigenvalue weighted by Gasteiger charge is -2.20. The van der Waals surface area contributed by atoms with Crippen LogP contribution in [0.25, 0.3) is 11.1 Å². The molecule has 0 atom stereocenters. The Balaban J connectivity index is 1.60. The van der Waals surface area contributed by atoms with Gasteiger partial charge in [0.2, 0.25) is 5.91 Å². The maximum Gasteiger partial charge on any atom is 0.419 e. The summed E-state index contributed by atoms with van der Waals surface area (Å²) in [5.41, 5.74) is 6.11. The quantitative estimate of drug-likeness (QED) is 0.492. The van der Waals surface area contributed by atoms with Crippen LogP contribution in [0.2, 0.25) is 0 Å². The number of halogens is 3. The van der Waals surface area contributed by atoms with Crippen LogP contribution in [-0.2, 0) is 17.5 Å². The number of benzene rings is 2. The van der Waals surface area contributed by atoms with Crippen molar-refractivity contribution in [2.45, 2.75) is 25.6 Å². The Morgan fingerprint density at radius 1 is 1.10 bits per heavy atom. The highest BCUT2D eigenvalue weighted by Gasteiger charge is 2.37. The molecule has 158 valence electrons. The van der Waals surface area contributed by atoms with Gasteiger partial charge < -0.3 is 16.0 Å². The fourth-order valence-electron chi connectivity index (χ4n) is 3.52. The van der Waals surface area contributed by atoms with E-state index in [4.69, 9.17) is 5.73 Å². The molecule has 9 heteroatoms. The number of nitrogens with two attached hydrogens (primary N) is 1. The number of alkyl halides is 3. The van der Waals surface area contributed by atoms with Crippen molar-refractivity contribution in [2.24, 2.45) is 5.92 Å². The molecular weight excluding hydrogens is 397 g/mol. The Kier molecular flexibility index (Phi) is 5.05. The lowest BCUT2D eigenvalue weighted by atomic mass is 9.96. The summed E-state index contributed by atoms with van der Waals surface area (Å²) in [5, 5.41) is 5.21.